The van der Waals surface area contributed by atoms with E-state index in [0.29, 0.717) is 16.8 Å². The molecule has 2 aromatic rings. The summed E-state index contributed by atoms with van der Waals surface area (Å²) in [6.45, 7) is 0. The Morgan fingerprint density at radius 2 is 1.67 bits per heavy atom. The first-order valence-electron chi connectivity index (χ1n) is 6.04. The van der Waals surface area contributed by atoms with Crippen LogP contribution in [0.15, 0.2) is 42.5 Å². The van der Waals surface area contributed by atoms with E-state index in [1.54, 1.807) is 0 Å². The maximum atomic E-state index is 6.02. The molecule has 3 heteroatoms. The standard InChI is InChI=1S/C15H14ClNO/c16-14-9-11(3-8-15(14)17)10-1-4-12(5-2-10)18-13-6-7-13/h1-5,8-9,13H,6-7,17H2. The zero-order valence-corrected chi connectivity index (χ0v) is 10.7. The van der Waals surface area contributed by atoms with Crippen LogP contribution in [-0.4, -0.2) is 6.10 Å². The molecule has 0 atom stereocenters. The van der Waals surface area contributed by atoms with Crippen LogP contribution < -0.4 is 10.5 Å². The van der Waals surface area contributed by atoms with Crippen LogP contribution in [0.1, 0.15) is 12.8 Å². The molecule has 1 saturated carbocycles. The third kappa shape index (κ3) is 2.44. The second-order valence-corrected chi connectivity index (χ2v) is 4.99. The van der Waals surface area contributed by atoms with Crippen LogP contribution in [-0.2, 0) is 0 Å². The lowest BCUT2D eigenvalue weighted by Gasteiger charge is -2.07. The lowest BCUT2D eigenvalue weighted by Crippen LogP contribution is -1.95. The summed E-state index contributed by atoms with van der Waals surface area (Å²) in [5.41, 5.74) is 8.48. The van der Waals surface area contributed by atoms with Gasteiger partial charge in [-0.3, -0.25) is 0 Å². The molecular formula is C15H14ClNO. The van der Waals surface area contributed by atoms with Gasteiger partial charge >= 0.3 is 0 Å². The SMILES string of the molecule is Nc1ccc(-c2ccc(OC3CC3)cc2)cc1Cl. The Kier molecular flexibility index (Phi) is 2.88. The van der Waals surface area contributed by atoms with Crippen molar-refractivity contribution in [2.45, 2.75) is 18.9 Å². The number of hydrogen-bond acceptors (Lipinski definition) is 2. The first-order valence-corrected chi connectivity index (χ1v) is 6.42. The van der Waals surface area contributed by atoms with Gasteiger partial charge in [0.2, 0.25) is 0 Å². The van der Waals surface area contributed by atoms with E-state index in [1.165, 1.54) is 12.8 Å². The van der Waals surface area contributed by atoms with Crippen molar-refractivity contribution in [3.8, 4) is 16.9 Å². The third-order valence-electron chi connectivity index (χ3n) is 3.02. The molecular weight excluding hydrogens is 246 g/mol. The summed E-state index contributed by atoms with van der Waals surface area (Å²) in [6.07, 6.45) is 2.78. The smallest absolute Gasteiger partial charge is 0.119 e. The summed E-state index contributed by atoms with van der Waals surface area (Å²) in [6, 6.07) is 13.8. The highest BCUT2D eigenvalue weighted by atomic mass is 35.5. The van der Waals surface area contributed by atoms with Gasteiger partial charge < -0.3 is 10.5 Å². The highest BCUT2D eigenvalue weighted by molar-refractivity contribution is 6.33. The lowest BCUT2D eigenvalue weighted by molar-refractivity contribution is 0.303. The van der Waals surface area contributed by atoms with E-state index >= 15 is 0 Å². The summed E-state index contributed by atoms with van der Waals surface area (Å²) in [4.78, 5) is 0. The van der Waals surface area contributed by atoms with Crippen molar-refractivity contribution in [2.75, 3.05) is 5.73 Å². The molecule has 3 rings (SSSR count). The van der Waals surface area contributed by atoms with Crippen LogP contribution >= 0.6 is 11.6 Å². The van der Waals surface area contributed by atoms with Crippen LogP contribution in [0.5, 0.6) is 5.75 Å². The van der Waals surface area contributed by atoms with E-state index in [2.05, 4.69) is 0 Å². The van der Waals surface area contributed by atoms with E-state index < -0.39 is 0 Å². The fourth-order valence-corrected chi connectivity index (χ4v) is 1.99. The molecule has 92 valence electrons. The number of anilines is 1. The van der Waals surface area contributed by atoms with E-state index in [1.807, 2.05) is 42.5 Å². The topological polar surface area (TPSA) is 35.2 Å². The van der Waals surface area contributed by atoms with Crippen LogP contribution in [0.3, 0.4) is 0 Å². The number of nitrogens with two attached hydrogens (primary N) is 1. The molecule has 1 aliphatic rings. The quantitative estimate of drug-likeness (QED) is 0.841. The molecule has 0 unspecified atom stereocenters. The summed E-state index contributed by atoms with van der Waals surface area (Å²) < 4.78 is 5.71. The molecule has 0 aliphatic heterocycles. The average Bonchev–Trinajstić information content (AvgIpc) is 3.18. The number of hydrogen-bond donors (Lipinski definition) is 1. The molecule has 0 saturated heterocycles. The normalized spacial score (nSPS) is 14.5. The average molecular weight is 260 g/mol. The molecule has 0 spiro atoms. The fourth-order valence-electron chi connectivity index (χ4n) is 1.81. The van der Waals surface area contributed by atoms with Crippen LogP contribution in [0.4, 0.5) is 5.69 Å². The highest BCUT2D eigenvalue weighted by Gasteiger charge is 2.23. The van der Waals surface area contributed by atoms with E-state index in [9.17, 15) is 0 Å². The summed E-state index contributed by atoms with van der Waals surface area (Å²) in [7, 11) is 0. The molecule has 1 aliphatic carbocycles. The van der Waals surface area contributed by atoms with Gasteiger partial charge in [-0.15, -0.1) is 0 Å². The van der Waals surface area contributed by atoms with E-state index in [0.717, 1.165) is 16.9 Å². The van der Waals surface area contributed by atoms with Gasteiger partial charge in [-0.05, 0) is 48.2 Å². The van der Waals surface area contributed by atoms with Crippen molar-refractivity contribution < 1.29 is 4.74 Å². The Morgan fingerprint density at radius 1 is 1.00 bits per heavy atom. The molecule has 0 bridgehead atoms. The van der Waals surface area contributed by atoms with Gasteiger partial charge in [0.15, 0.2) is 0 Å². The number of benzene rings is 2. The summed E-state index contributed by atoms with van der Waals surface area (Å²) >= 11 is 6.02. The predicted octanol–water partition coefficient (Wildman–Crippen LogP) is 4.13. The summed E-state index contributed by atoms with van der Waals surface area (Å²) in [5.74, 6) is 0.933. The molecule has 1 fully saturated rings. The molecule has 0 heterocycles. The number of ether oxygens (including phenoxy) is 1. The number of halogens is 1. The molecule has 2 N–H and O–H groups in total. The minimum absolute atomic E-state index is 0.432. The van der Waals surface area contributed by atoms with Crippen molar-refractivity contribution >= 4 is 17.3 Å². The van der Waals surface area contributed by atoms with E-state index in [-0.39, 0.29) is 0 Å². The van der Waals surface area contributed by atoms with Crippen LogP contribution in [0.25, 0.3) is 11.1 Å². The lowest BCUT2D eigenvalue weighted by atomic mass is 10.1. The number of nitrogen functional groups attached to an aromatic ring is 1. The molecule has 0 radical (unpaired) electrons. The zero-order valence-electron chi connectivity index (χ0n) is 9.90. The maximum Gasteiger partial charge on any atom is 0.119 e. The Balaban J connectivity index is 1.84. The number of rotatable bonds is 3. The van der Waals surface area contributed by atoms with Crippen LogP contribution in [0, 0.1) is 0 Å². The molecule has 2 aromatic carbocycles. The van der Waals surface area contributed by atoms with E-state index in [4.69, 9.17) is 22.1 Å². The molecule has 0 aromatic heterocycles. The van der Waals surface area contributed by atoms with Crippen LogP contribution in [0.2, 0.25) is 5.02 Å². The largest absolute Gasteiger partial charge is 0.490 e. The monoisotopic (exact) mass is 259 g/mol. The van der Waals surface area contributed by atoms with Gasteiger partial charge in [0.05, 0.1) is 16.8 Å². The van der Waals surface area contributed by atoms with Gasteiger partial charge in [-0.25, -0.2) is 0 Å². The van der Waals surface area contributed by atoms with Gasteiger partial charge in [0.25, 0.3) is 0 Å². The van der Waals surface area contributed by atoms with Gasteiger partial charge in [0.1, 0.15) is 5.75 Å². The van der Waals surface area contributed by atoms with Gasteiger partial charge in [-0.1, -0.05) is 29.8 Å². The fraction of sp³-hybridized carbons (Fsp3) is 0.200. The molecule has 0 amide bonds. The zero-order chi connectivity index (χ0) is 12.5. The van der Waals surface area contributed by atoms with Crippen molar-refractivity contribution in [2.24, 2.45) is 0 Å². The Labute approximate surface area is 111 Å². The van der Waals surface area contributed by atoms with Crippen molar-refractivity contribution in [1.82, 2.24) is 0 Å². The highest BCUT2D eigenvalue weighted by Crippen LogP contribution is 2.30. The third-order valence-corrected chi connectivity index (χ3v) is 3.34. The van der Waals surface area contributed by atoms with Gasteiger partial charge in [-0.2, -0.15) is 0 Å². The predicted molar refractivity (Wildman–Crippen MR) is 75.0 cm³/mol. The second-order valence-electron chi connectivity index (χ2n) is 4.58. The van der Waals surface area contributed by atoms with Crippen molar-refractivity contribution in [1.29, 1.82) is 0 Å². The Bertz CT molecular complexity index is 561. The van der Waals surface area contributed by atoms with Crippen molar-refractivity contribution in [3.63, 3.8) is 0 Å². The molecule has 18 heavy (non-hydrogen) atoms. The first-order chi connectivity index (χ1) is 8.72. The van der Waals surface area contributed by atoms with Gasteiger partial charge in [0, 0.05) is 0 Å². The first kappa shape index (κ1) is 11.4. The minimum Gasteiger partial charge on any atom is -0.490 e. The second kappa shape index (κ2) is 4.54. The Morgan fingerprint density at radius 3 is 2.28 bits per heavy atom. The van der Waals surface area contributed by atoms with Crippen molar-refractivity contribution in [3.05, 3.63) is 47.5 Å². The summed E-state index contributed by atoms with van der Waals surface area (Å²) in [5, 5.41) is 0.589. The minimum atomic E-state index is 0.432. The molecule has 2 nitrogen and oxygen atoms in total. The Hall–Kier alpha value is -1.67. The maximum absolute atomic E-state index is 6.02.